The van der Waals surface area contributed by atoms with Crippen LogP contribution in [0.1, 0.15) is 17.4 Å². The summed E-state index contributed by atoms with van der Waals surface area (Å²) in [6, 6.07) is 0. The van der Waals surface area contributed by atoms with E-state index in [1.807, 2.05) is 0 Å². The Balaban J connectivity index is 3.57. The van der Waals surface area contributed by atoms with E-state index < -0.39 is 10.6 Å². The minimum Gasteiger partial charge on any atom is -0.325 e. The molecule has 0 saturated carbocycles. The van der Waals surface area contributed by atoms with E-state index in [-0.39, 0.29) is 21.7 Å². The zero-order valence-corrected chi connectivity index (χ0v) is 8.89. The molecule has 0 spiro atoms. The van der Waals surface area contributed by atoms with Crippen molar-refractivity contribution in [2.75, 3.05) is 0 Å². The van der Waals surface area contributed by atoms with Gasteiger partial charge in [-0.15, -0.1) is 0 Å². The molecule has 1 heterocycles. The van der Waals surface area contributed by atoms with Crippen molar-refractivity contribution in [2.45, 2.75) is 6.92 Å². The van der Waals surface area contributed by atoms with Gasteiger partial charge >= 0.3 is 5.69 Å². The zero-order chi connectivity index (χ0) is 11.0. The van der Waals surface area contributed by atoms with E-state index in [1.54, 1.807) is 0 Å². The molecule has 0 bridgehead atoms. The summed E-state index contributed by atoms with van der Waals surface area (Å²) in [6.07, 6.45) is 0. The third-order valence-corrected chi connectivity index (χ3v) is 2.55. The average Bonchev–Trinajstić information content (AvgIpc) is 2.23. The first-order valence-electron chi connectivity index (χ1n) is 3.57. The van der Waals surface area contributed by atoms with Crippen LogP contribution in [0.2, 0.25) is 10.2 Å². The predicted octanol–water partition coefficient (Wildman–Crippen LogP) is 2.44. The van der Waals surface area contributed by atoms with Crippen molar-refractivity contribution in [3.8, 4) is 0 Å². The molecule has 7 heteroatoms. The predicted molar refractivity (Wildman–Crippen MR) is 52.1 cm³/mol. The quantitative estimate of drug-likeness (QED) is 0.450. The average molecular weight is 237 g/mol. The fraction of sp³-hybridized carbons (Fsp3) is 0.286. The van der Waals surface area contributed by atoms with Crippen LogP contribution in [-0.2, 0) is 7.05 Å². The number of hydrogen-bond donors (Lipinski definition) is 0. The van der Waals surface area contributed by atoms with E-state index in [0.717, 1.165) is 0 Å². The van der Waals surface area contributed by atoms with Crippen LogP contribution in [0.5, 0.6) is 0 Å². The molecule has 14 heavy (non-hydrogen) atoms. The number of nitro groups is 1. The zero-order valence-electron chi connectivity index (χ0n) is 7.38. The second-order valence-electron chi connectivity index (χ2n) is 2.67. The lowest BCUT2D eigenvalue weighted by Crippen LogP contribution is -2.01. The Hall–Kier alpha value is -1.07. The molecule has 1 aromatic rings. The van der Waals surface area contributed by atoms with Gasteiger partial charge in [0.2, 0.25) is 0 Å². The Morgan fingerprint density at radius 2 is 2.00 bits per heavy atom. The number of hydrogen-bond acceptors (Lipinski definition) is 3. The number of halogens is 2. The molecule has 76 valence electrons. The number of rotatable bonds is 2. The van der Waals surface area contributed by atoms with E-state index in [4.69, 9.17) is 23.2 Å². The van der Waals surface area contributed by atoms with Gasteiger partial charge in [-0.25, -0.2) is 0 Å². The molecule has 5 nitrogen and oxygen atoms in total. The number of ketones is 1. The van der Waals surface area contributed by atoms with Gasteiger partial charge in [0.15, 0.2) is 10.9 Å². The molecule has 0 unspecified atom stereocenters. The van der Waals surface area contributed by atoms with Crippen molar-refractivity contribution in [2.24, 2.45) is 7.05 Å². The largest absolute Gasteiger partial charge is 0.325 e. The van der Waals surface area contributed by atoms with Crippen molar-refractivity contribution in [3.63, 3.8) is 0 Å². The molecular weight excluding hydrogens is 231 g/mol. The van der Waals surface area contributed by atoms with Gasteiger partial charge < -0.3 is 4.57 Å². The Kier molecular flexibility index (Phi) is 2.82. The summed E-state index contributed by atoms with van der Waals surface area (Å²) < 4.78 is 1.20. The van der Waals surface area contributed by atoms with Gasteiger partial charge in [-0.1, -0.05) is 23.2 Å². The van der Waals surface area contributed by atoms with Gasteiger partial charge in [-0.05, 0) is 0 Å². The SMILES string of the molecule is CC(=O)c1c(Cl)c([N+](=O)[O-])c(Cl)n1C. The molecule has 0 radical (unpaired) electrons. The van der Waals surface area contributed by atoms with Crippen LogP contribution in [0.15, 0.2) is 0 Å². The number of nitrogens with zero attached hydrogens (tertiary/aromatic N) is 2. The van der Waals surface area contributed by atoms with Crippen LogP contribution in [0.4, 0.5) is 5.69 Å². The number of Topliss-reactive ketones (excluding diaryl/α,β-unsaturated/α-hetero) is 1. The molecular formula is C7H6Cl2N2O3. The van der Waals surface area contributed by atoms with Crippen LogP contribution in [0.3, 0.4) is 0 Å². The molecule has 1 rings (SSSR count). The highest BCUT2D eigenvalue weighted by atomic mass is 35.5. The maximum absolute atomic E-state index is 11.1. The van der Waals surface area contributed by atoms with E-state index in [9.17, 15) is 14.9 Å². The van der Waals surface area contributed by atoms with E-state index in [1.165, 1.54) is 18.5 Å². The first-order valence-corrected chi connectivity index (χ1v) is 4.32. The fourth-order valence-corrected chi connectivity index (χ4v) is 1.87. The van der Waals surface area contributed by atoms with Crippen LogP contribution in [0.25, 0.3) is 0 Å². The summed E-state index contributed by atoms with van der Waals surface area (Å²) in [5.74, 6) is -0.368. The highest BCUT2D eigenvalue weighted by Crippen LogP contribution is 2.37. The summed E-state index contributed by atoms with van der Waals surface area (Å²) >= 11 is 11.3. The highest BCUT2D eigenvalue weighted by molar-refractivity contribution is 6.40. The summed E-state index contributed by atoms with van der Waals surface area (Å²) in [7, 11) is 1.44. The third kappa shape index (κ3) is 1.49. The molecule has 0 aliphatic carbocycles. The summed E-state index contributed by atoms with van der Waals surface area (Å²) in [5, 5.41) is 10.2. The minimum absolute atomic E-state index is 0.0448. The topological polar surface area (TPSA) is 65.1 Å². The van der Waals surface area contributed by atoms with Gasteiger partial charge in [0.05, 0.1) is 4.92 Å². The first kappa shape index (κ1) is 11.0. The molecule has 1 aromatic heterocycles. The molecule has 0 fully saturated rings. The van der Waals surface area contributed by atoms with Gasteiger partial charge in [-0.2, -0.15) is 0 Å². The maximum atomic E-state index is 11.1. The molecule has 0 amide bonds. The van der Waals surface area contributed by atoms with Crippen LogP contribution in [0, 0.1) is 10.1 Å². The lowest BCUT2D eigenvalue weighted by molar-refractivity contribution is -0.384. The van der Waals surface area contributed by atoms with E-state index in [2.05, 4.69) is 0 Å². The maximum Gasteiger partial charge on any atom is 0.325 e. The highest BCUT2D eigenvalue weighted by Gasteiger charge is 2.29. The molecule has 0 aliphatic rings. The first-order chi connectivity index (χ1) is 6.37. The van der Waals surface area contributed by atoms with Gasteiger partial charge in [0, 0.05) is 14.0 Å². The second-order valence-corrected chi connectivity index (χ2v) is 3.41. The molecule has 0 atom stereocenters. The van der Waals surface area contributed by atoms with Crippen molar-refractivity contribution in [1.29, 1.82) is 0 Å². The van der Waals surface area contributed by atoms with Crippen LogP contribution < -0.4 is 0 Å². The number of carbonyl (C=O) groups excluding carboxylic acids is 1. The van der Waals surface area contributed by atoms with E-state index in [0.29, 0.717) is 0 Å². The van der Waals surface area contributed by atoms with E-state index >= 15 is 0 Å². The summed E-state index contributed by atoms with van der Waals surface area (Å²) in [5.41, 5.74) is -0.385. The van der Waals surface area contributed by atoms with Gasteiger partial charge in [-0.3, -0.25) is 14.9 Å². The standard InChI is InChI=1S/C7H6Cl2N2O3/c1-3(12)5-4(8)6(11(13)14)7(9)10(5)2/h1-2H3. The molecule has 0 aliphatic heterocycles. The molecule has 0 saturated heterocycles. The van der Waals surface area contributed by atoms with Crippen molar-refractivity contribution in [1.82, 2.24) is 4.57 Å². The Morgan fingerprint density at radius 3 is 2.21 bits per heavy atom. The second kappa shape index (κ2) is 3.59. The fourth-order valence-electron chi connectivity index (χ4n) is 1.15. The Bertz CT molecular complexity index is 388. The van der Waals surface area contributed by atoms with Crippen LogP contribution in [-0.4, -0.2) is 15.3 Å². The minimum atomic E-state index is -0.711. The summed E-state index contributed by atoms with van der Waals surface area (Å²) in [6.45, 7) is 1.27. The van der Waals surface area contributed by atoms with Crippen LogP contribution >= 0.6 is 23.2 Å². The summed E-state index contributed by atoms with van der Waals surface area (Å²) in [4.78, 5) is 20.9. The Morgan fingerprint density at radius 1 is 1.50 bits per heavy atom. The lowest BCUT2D eigenvalue weighted by atomic mass is 10.3. The monoisotopic (exact) mass is 236 g/mol. The van der Waals surface area contributed by atoms with Crippen molar-refractivity contribution >= 4 is 34.7 Å². The van der Waals surface area contributed by atoms with Gasteiger partial charge in [0.25, 0.3) is 0 Å². The normalized spacial score (nSPS) is 10.3. The Labute approximate surface area is 89.4 Å². The lowest BCUT2D eigenvalue weighted by Gasteiger charge is -1.97. The third-order valence-electron chi connectivity index (χ3n) is 1.76. The molecule has 0 aromatic carbocycles. The smallest absolute Gasteiger partial charge is 0.325 e. The van der Waals surface area contributed by atoms with Gasteiger partial charge in [0.1, 0.15) is 10.7 Å². The number of aromatic nitrogens is 1. The van der Waals surface area contributed by atoms with Crippen molar-refractivity contribution < 1.29 is 9.72 Å². The van der Waals surface area contributed by atoms with Crippen molar-refractivity contribution in [3.05, 3.63) is 26.0 Å². The molecule has 0 N–H and O–H groups in total. The number of carbonyl (C=O) groups is 1.